The second-order valence-corrected chi connectivity index (χ2v) is 5.29. The minimum absolute atomic E-state index is 0.112. The highest BCUT2D eigenvalue weighted by Gasteiger charge is 2.28. The van der Waals surface area contributed by atoms with E-state index in [0.29, 0.717) is 6.04 Å². The van der Waals surface area contributed by atoms with Gasteiger partial charge in [-0.25, -0.2) is 4.98 Å². The van der Waals surface area contributed by atoms with Crippen LogP contribution < -0.4 is 0 Å². The number of amides is 1. The first-order chi connectivity index (χ1) is 9.15. The quantitative estimate of drug-likeness (QED) is 0.884. The summed E-state index contributed by atoms with van der Waals surface area (Å²) in [6.45, 7) is 1.65. The third kappa shape index (κ3) is 2.21. The molecule has 0 aliphatic carbocycles. The number of benzene rings is 1. The molecule has 1 amide bonds. The Morgan fingerprint density at radius 3 is 3.05 bits per heavy atom. The van der Waals surface area contributed by atoms with Crippen molar-refractivity contribution in [3.05, 3.63) is 30.1 Å². The highest BCUT2D eigenvalue weighted by Crippen LogP contribution is 2.18. The molecule has 1 aliphatic rings. The summed E-state index contributed by atoms with van der Waals surface area (Å²) in [5.41, 5.74) is 2.54. The van der Waals surface area contributed by atoms with E-state index < -0.39 is 0 Å². The van der Waals surface area contributed by atoms with Gasteiger partial charge in [-0.3, -0.25) is 4.79 Å². The van der Waals surface area contributed by atoms with Gasteiger partial charge in [-0.2, -0.15) is 0 Å². The fourth-order valence-electron chi connectivity index (χ4n) is 2.60. The molecule has 19 heavy (non-hydrogen) atoms. The molecule has 0 radical (unpaired) electrons. The molecule has 1 N–H and O–H groups in total. The van der Waals surface area contributed by atoms with Gasteiger partial charge in [0.05, 0.1) is 17.4 Å². The molecule has 5 heteroatoms. The molecule has 1 aromatic carbocycles. The lowest BCUT2D eigenvalue weighted by atomic mass is 10.2. The van der Waals surface area contributed by atoms with Crippen molar-refractivity contribution in [2.45, 2.75) is 12.5 Å². The number of imidazole rings is 1. The van der Waals surface area contributed by atoms with Gasteiger partial charge >= 0.3 is 0 Å². The van der Waals surface area contributed by atoms with Gasteiger partial charge in [0.15, 0.2) is 0 Å². The Morgan fingerprint density at radius 1 is 1.47 bits per heavy atom. The molecular formula is C14H18N4O. The van der Waals surface area contributed by atoms with Crippen molar-refractivity contribution in [1.29, 1.82) is 0 Å². The standard InChI is InChI=1S/C14H18N4O/c1-17(2)11-5-6-18(8-11)14(19)10-3-4-12-13(7-10)16-9-15-12/h3-4,7,9,11H,5-6,8H2,1-2H3,(H,15,16). The number of rotatable bonds is 2. The molecule has 3 rings (SSSR count). The molecule has 2 heterocycles. The van der Waals surface area contributed by atoms with Crippen molar-refractivity contribution in [3.8, 4) is 0 Å². The Hall–Kier alpha value is -1.88. The van der Waals surface area contributed by atoms with Crippen molar-refractivity contribution >= 4 is 16.9 Å². The van der Waals surface area contributed by atoms with Crippen LogP contribution in [0.15, 0.2) is 24.5 Å². The Kier molecular flexibility index (Phi) is 2.98. The number of nitrogens with one attached hydrogen (secondary N) is 1. The number of carbonyl (C=O) groups excluding carboxylic acids is 1. The largest absolute Gasteiger partial charge is 0.345 e. The van der Waals surface area contributed by atoms with Crippen LogP contribution in [0.5, 0.6) is 0 Å². The number of aromatic amines is 1. The zero-order chi connectivity index (χ0) is 13.4. The van der Waals surface area contributed by atoms with E-state index in [9.17, 15) is 4.79 Å². The Bertz CT molecular complexity index is 604. The van der Waals surface area contributed by atoms with Gasteiger partial charge in [0.2, 0.25) is 0 Å². The molecule has 1 saturated heterocycles. The van der Waals surface area contributed by atoms with Crippen LogP contribution in [0.4, 0.5) is 0 Å². The Labute approximate surface area is 112 Å². The number of nitrogens with zero attached hydrogens (tertiary/aromatic N) is 3. The summed E-state index contributed by atoms with van der Waals surface area (Å²) in [4.78, 5) is 23.8. The third-order valence-corrected chi connectivity index (χ3v) is 3.85. The fourth-order valence-corrected chi connectivity index (χ4v) is 2.60. The maximum Gasteiger partial charge on any atom is 0.253 e. The van der Waals surface area contributed by atoms with Crippen molar-refractivity contribution < 1.29 is 4.79 Å². The number of likely N-dealkylation sites (N-methyl/N-ethyl adjacent to an activating group) is 1. The van der Waals surface area contributed by atoms with Gasteiger partial charge in [0, 0.05) is 24.7 Å². The predicted molar refractivity (Wildman–Crippen MR) is 74.1 cm³/mol. The summed E-state index contributed by atoms with van der Waals surface area (Å²) in [5.74, 6) is 0.112. The van der Waals surface area contributed by atoms with E-state index in [1.165, 1.54) is 0 Å². The topological polar surface area (TPSA) is 52.2 Å². The zero-order valence-electron chi connectivity index (χ0n) is 11.3. The Morgan fingerprint density at radius 2 is 2.32 bits per heavy atom. The smallest absolute Gasteiger partial charge is 0.253 e. The first-order valence-corrected chi connectivity index (χ1v) is 6.54. The molecule has 5 nitrogen and oxygen atoms in total. The van der Waals surface area contributed by atoms with Crippen LogP contribution in [0.1, 0.15) is 16.8 Å². The summed E-state index contributed by atoms with van der Waals surface area (Å²) < 4.78 is 0. The molecule has 1 aromatic heterocycles. The predicted octanol–water partition coefficient (Wildman–Crippen LogP) is 1.34. The molecule has 0 spiro atoms. The van der Waals surface area contributed by atoms with E-state index in [4.69, 9.17) is 0 Å². The molecule has 0 saturated carbocycles. The average molecular weight is 258 g/mol. The van der Waals surface area contributed by atoms with Gasteiger partial charge in [-0.1, -0.05) is 0 Å². The van der Waals surface area contributed by atoms with Gasteiger partial charge in [0.1, 0.15) is 0 Å². The van der Waals surface area contributed by atoms with Gasteiger partial charge in [0.25, 0.3) is 5.91 Å². The number of fused-ring (bicyclic) bond motifs is 1. The van der Waals surface area contributed by atoms with E-state index in [1.807, 2.05) is 23.1 Å². The van der Waals surface area contributed by atoms with E-state index in [0.717, 1.165) is 36.1 Å². The normalized spacial score (nSPS) is 19.5. The fraction of sp³-hybridized carbons (Fsp3) is 0.429. The molecule has 1 unspecified atom stereocenters. The second kappa shape index (κ2) is 4.66. The monoisotopic (exact) mass is 258 g/mol. The maximum absolute atomic E-state index is 12.5. The first kappa shape index (κ1) is 12.2. The molecule has 1 aliphatic heterocycles. The molecule has 1 fully saturated rings. The average Bonchev–Trinajstić information content (AvgIpc) is 3.06. The van der Waals surface area contributed by atoms with Gasteiger partial charge < -0.3 is 14.8 Å². The van der Waals surface area contributed by atoms with Gasteiger partial charge in [-0.05, 0) is 38.7 Å². The lowest BCUT2D eigenvalue weighted by Crippen LogP contribution is -2.34. The summed E-state index contributed by atoms with van der Waals surface area (Å²) >= 11 is 0. The van der Waals surface area contributed by atoms with Crippen LogP contribution >= 0.6 is 0 Å². The SMILES string of the molecule is CN(C)C1CCN(C(=O)c2ccc3nc[nH]c3c2)C1. The molecule has 100 valence electrons. The Balaban J connectivity index is 1.80. The minimum Gasteiger partial charge on any atom is -0.345 e. The molecule has 1 atom stereocenters. The lowest BCUT2D eigenvalue weighted by molar-refractivity contribution is 0.0783. The number of hydrogen-bond donors (Lipinski definition) is 1. The third-order valence-electron chi connectivity index (χ3n) is 3.85. The molecule has 2 aromatic rings. The number of H-pyrrole nitrogens is 1. The molecule has 0 bridgehead atoms. The van der Waals surface area contributed by atoms with Crippen LogP contribution in [-0.4, -0.2) is 58.9 Å². The second-order valence-electron chi connectivity index (χ2n) is 5.29. The molecular weight excluding hydrogens is 240 g/mol. The summed E-state index contributed by atoms with van der Waals surface area (Å²) in [7, 11) is 4.13. The summed E-state index contributed by atoms with van der Waals surface area (Å²) in [6.07, 6.45) is 2.70. The van der Waals surface area contributed by atoms with Crippen molar-refractivity contribution in [2.24, 2.45) is 0 Å². The highest BCUT2D eigenvalue weighted by molar-refractivity contribution is 5.97. The number of aromatic nitrogens is 2. The highest BCUT2D eigenvalue weighted by atomic mass is 16.2. The van der Waals surface area contributed by atoms with Crippen LogP contribution in [0.2, 0.25) is 0 Å². The maximum atomic E-state index is 12.5. The minimum atomic E-state index is 0.112. The summed E-state index contributed by atoms with van der Waals surface area (Å²) in [6, 6.07) is 6.10. The number of hydrogen-bond acceptors (Lipinski definition) is 3. The van der Waals surface area contributed by atoms with Crippen LogP contribution in [0.3, 0.4) is 0 Å². The number of likely N-dealkylation sites (tertiary alicyclic amines) is 1. The van der Waals surface area contributed by atoms with E-state index in [2.05, 4.69) is 29.0 Å². The van der Waals surface area contributed by atoms with Crippen molar-refractivity contribution in [2.75, 3.05) is 27.2 Å². The number of carbonyl (C=O) groups is 1. The lowest BCUT2D eigenvalue weighted by Gasteiger charge is -2.20. The summed E-state index contributed by atoms with van der Waals surface area (Å²) in [5, 5.41) is 0. The van der Waals surface area contributed by atoms with E-state index in [-0.39, 0.29) is 5.91 Å². The van der Waals surface area contributed by atoms with Crippen LogP contribution in [0, 0.1) is 0 Å². The zero-order valence-corrected chi connectivity index (χ0v) is 11.3. The van der Waals surface area contributed by atoms with Crippen LogP contribution in [-0.2, 0) is 0 Å². The van der Waals surface area contributed by atoms with Crippen LogP contribution in [0.25, 0.3) is 11.0 Å². The van der Waals surface area contributed by atoms with Crippen molar-refractivity contribution in [3.63, 3.8) is 0 Å². The van der Waals surface area contributed by atoms with Crippen molar-refractivity contribution in [1.82, 2.24) is 19.8 Å². The van der Waals surface area contributed by atoms with E-state index >= 15 is 0 Å². The van der Waals surface area contributed by atoms with Gasteiger partial charge in [-0.15, -0.1) is 0 Å². The van der Waals surface area contributed by atoms with E-state index in [1.54, 1.807) is 6.33 Å². The first-order valence-electron chi connectivity index (χ1n) is 6.54.